The summed E-state index contributed by atoms with van der Waals surface area (Å²) in [6.07, 6.45) is 1.73. The van der Waals surface area contributed by atoms with Crippen molar-refractivity contribution in [1.82, 2.24) is 4.90 Å². The number of halogens is 2. The lowest BCUT2D eigenvalue weighted by atomic mass is 10.0. The molecule has 1 heterocycles. The van der Waals surface area contributed by atoms with Crippen molar-refractivity contribution in [2.45, 2.75) is 13.2 Å². The van der Waals surface area contributed by atoms with Crippen molar-refractivity contribution < 1.29 is 14.3 Å². The Balaban J connectivity index is 1.31. The van der Waals surface area contributed by atoms with Gasteiger partial charge in [-0.05, 0) is 73.9 Å². The fourth-order valence-electron chi connectivity index (χ4n) is 3.88. The maximum atomic E-state index is 13.1. The van der Waals surface area contributed by atoms with Crippen LogP contribution in [0.1, 0.15) is 16.7 Å². The van der Waals surface area contributed by atoms with Gasteiger partial charge in [0.05, 0.1) is 15.9 Å². The molecule has 1 fully saturated rings. The monoisotopic (exact) mass is 563 g/mol. The third-order valence-electron chi connectivity index (χ3n) is 5.68. The van der Waals surface area contributed by atoms with Crippen LogP contribution in [0.2, 0.25) is 5.02 Å². The summed E-state index contributed by atoms with van der Waals surface area (Å²) in [5.41, 5.74) is 2.62. The zero-order valence-electron chi connectivity index (χ0n) is 18.4. The van der Waals surface area contributed by atoms with Gasteiger partial charge in [-0.3, -0.25) is 14.5 Å². The molecule has 0 aliphatic carbocycles. The molecular formula is C28H19BrClNO3S. The van der Waals surface area contributed by atoms with Crippen molar-refractivity contribution in [3.05, 3.63) is 116 Å². The zero-order chi connectivity index (χ0) is 24.4. The van der Waals surface area contributed by atoms with E-state index in [4.69, 9.17) is 16.3 Å². The molecule has 2 amide bonds. The molecule has 4 aromatic rings. The normalized spacial score (nSPS) is 14.8. The smallest absolute Gasteiger partial charge is 0.293 e. The van der Waals surface area contributed by atoms with Crippen LogP contribution in [-0.2, 0) is 17.9 Å². The molecule has 4 aromatic carbocycles. The van der Waals surface area contributed by atoms with Crippen molar-refractivity contribution in [2.75, 3.05) is 0 Å². The number of thioether (sulfide) groups is 1. The van der Waals surface area contributed by atoms with Crippen LogP contribution in [0.15, 0.2) is 94.3 Å². The van der Waals surface area contributed by atoms with Crippen LogP contribution >= 0.6 is 39.3 Å². The first-order valence-corrected chi connectivity index (χ1v) is 12.9. The number of hydrogen-bond donors (Lipinski definition) is 0. The second kappa shape index (κ2) is 10.3. The van der Waals surface area contributed by atoms with Crippen LogP contribution in [0, 0.1) is 0 Å². The van der Waals surface area contributed by atoms with E-state index >= 15 is 0 Å². The molecule has 4 nitrogen and oxygen atoms in total. The molecule has 0 bridgehead atoms. The number of hydrogen-bond acceptors (Lipinski definition) is 4. The van der Waals surface area contributed by atoms with Gasteiger partial charge in [0.25, 0.3) is 11.1 Å². The highest BCUT2D eigenvalue weighted by molar-refractivity contribution is 9.10. The Morgan fingerprint density at radius 2 is 1.66 bits per heavy atom. The number of fused-ring (bicyclic) bond motifs is 1. The summed E-state index contributed by atoms with van der Waals surface area (Å²) in [5, 5.41) is 2.50. The van der Waals surface area contributed by atoms with E-state index in [9.17, 15) is 9.59 Å². The van der Waals surface area contributed by atoms with E-state index < -0.39 is 0 Å². The van der Waals surface area contributed by atoms with Gasteiger partial charge < -0.3 is 4.74 Å². The molecule has 0 aromatic heterocycles. The molecule has 0 radical (unpaired) electrons. The average Bonchev–Trinajstić information content (AvgIpc) is 3.12. The molecule has 1 aliphatic heterocycles. The van der Waals surface area contributed by atoms with Crippen molar-refractivity contribution in [1.29, 1.82) is 0 Å². The number of rotatable bonds is 6. The van der Waals surface area contributed by atoms with Gasteiger partial charge in [0.15, 0.2) is 0 Å². The third kappa shape index (κ3) is 5.15. The van der Waals surface area contributed by atoms with Crippen LogP contribution < -0.4 is 4.74 Å². The highest BCUT2D eigenvalue weighted by atomic mass is 79.9. The van der Waals surface area contributed by atoms with Crippen molar-refractivity contribution in [3.63, 3.8) is 0 Å². The van der Waals surface area contributed by atoms with Gasteiger partial charge in [-0.1, -0.05) is 78.3 Å². The maximum absolute atomic E-state index is 13.1. The molecule has 0 spiro atoms. The maximum Gasteiger partial charge on any atom is 0.293 e. The SMILES string of the molecule is O=C1S/C(=C/c2ccc(OCc3ccccc3Cl)c(Br)c2)C(=O)N1Cc1cccc2ccccc12. The minimum absolute atomic E-state index is 0.238. The van der Waals surface area contributed by atoms with E-state index in [1.165, 1.54) is 4.90 Å². The lowest BCUT2D eigenvalue weighted by Gasteiger charge is -2.14. The Hall–Kier alpha value is -3.06. The second-order valence-electron chi connectivity index (χ2n) is 7.98. The molecule has 174 valence electrons. The van der Waals surface area contributed by atoms with Gasteiger partial charge in [-0.15, -0.1) is 0 Å². The third-order valence-corrected chi connectivity index (χ3v) is 7.57. The Bertz CT molecular complexity index is 1480. The second-order valence-corrected chi connectivity index (χ2v) is 10.2. The predicted molar refractivity (Wildman–Crippen MR) is 145 cm³/mol. The first kappa shape index (κ1) is 23.7. The van der Waals surface area contributed by atoms with E-state index in [0.29, 0.717) is 22.3 Å². The highest BCUT2D eigenvalue weighted by Crippen LogP contribution is 2.35. The van der Waals surface area contributed by atoms with Gasteiger partial charge in [-0.25, -0.2) is 0 Å². The number of carbonyl (C=O) groups is 2. The van der Waals surface area contributed by atoms with Crippen molar-refractivity contribution in [3.8, 4) is 5.75 Å². The molecule has 35 heavy (non-hydrogen) atoms. The largest absolute Gasteiger partial charge is 0.488 e. The number of nitrogens with zero attached hydrogens (tertiary/aromatic N) is 1. The summed E-state index contributed by atoms with van der Waals surface area (Å²) in [6.45, 7) is 0.576. The standard InChI is InChI=1S/C28H19BrClNO3S/c29-23-14-18(12-13-25(23)34-17-21-7-2-4-11-24(21)30)15-26-27(32)31(28(33)35-26)16-20-9-5-8-19-6-1-3-10-22(19)20/h1-15H,16-17H2/b26-15+. The summed E-state index contributed by atoms with van der Waals surface area (Å²) < 4.78 is 6.64. The first-order valence-electron chi connectivity index (χ1n) is 10.9. The number of carbonyl (C=O) groups excluding carboxylic acids is 2. The number of benzene rings is 4. The van der Waals surface area contributed by atoms with E-state index in [0.717, 1.165) is 43.7 Å². The molecule has 5 rings (SSSR count). The zero-order valence-corrected chi connectivity index (χ0v) is 21.6. The summed E-state index contributed by atoms with van der Waals surface area (Å²) in [6, 6.07) is 26.9. The molecule has 7 heteroatoms. The van der Waals surface area contributed by atoms with E-state index in [-0.39, 0.29) is 17.7 Å². The van der Waals surface area contributed by atoms with Crippen LogP contribution in [0.25, 0.3) is 16.8 Å². The molecule has 0 atom stereocenters. The van der Waals surface area contributed by atoms with Crippen LogP contribution in [0.4, 0.5) is 4.79 Å². The average molecular weight is 565 g/mol. The minimum Gasteiger partial charge on any atom is -0.488 e. The molecule has 1 aliphatic rings. The van der Waals surface area contributed by atoms with E-state index in [1.807, 2.05) is 84.9 Å². The topological polar surface area (TPSA) is 46.6 Å². The molecule has 0 N–H and O–H groups in total. The molecule has 0 unspecified atom stereocenters. The first-order chi connectivity index (χ1) is 17.0. The summed E-state index contributed by atoms with van der Waals surface area (Å²) in [7, 11) is 0. The molecule has 0 saturated carbocycles. The quantitative estimate of drug-likeness (QED) is 0.222. The van der Waals surface area contributed by atoms with E-state index in [2.05, 4.69) is 15.9 Å². The number of ether oxygens (including phenoxy) is 1. The Labute approximate surface area is 220 Å². The highest BCUT2D eigenvalue weighted by Gasteiger charge is 2.35. The lowest BCUT2D eigenvalue weighted by molar-refractivity contribution is -0.123. The van der Waals surface area contributed by atoms with Crippen LogP contribution in [0.3, 0.4) is 0 Å². The minimum atomic E-state index is -0.289. The number of amides is 2. The molecular weight excluding hydrogens is 546 g/mol. The van der Waals surface area contributed by atoms with Crippen LogP contribution in [0.5, 0.6) is 5.75 Å². The summed E-state index contributed by atoms with van der Waals surface area (Å²) in [4.78, 5) is 27.4. The fraction of sp³-hybridized carbons (Fsp3) is 0.0714. The van der Waals surface area contributed by atoms with Crippen molar-refractivity contribution >= 4 is 67.3 Å². The lowest BCUT2D eigenvalue weighted by Crippen LogP contribution is -2.27. The summed E-state index contributed by atoms with van der Waals surface area (Å²) >= 11 is 10.7. The predicted octanol–water partition coefficient (Wildman–Crippen LogP) is 8.07. The summed E-state index contributed by atoms with van der Waals surface area (Å²) in [5.74, 6) is 0.370. The van der Waals surface area contributed by atoms with Crippen LogP contribution in [-0.4, -0.2) is 16.0 Å². The van der Waals surface area contributed by atoms with Gasteiger partial charge >= 0.3 is 0 Å². The molecule has 1 saturated heterocycles. The number of imide groups is 1. The van der Waals surface area contributed by atoms with Gasteiger partial charge in [0.1, 0.15) is 12.4 Å². The Kier molecular flexibility index (Phi) is 6.95. The van der Waals surface area contributed by atoms with Crippen molar-refractivity contribution in [2.24, 2.45) is 0 Å². The van der Waals surface area contributed by atoms with Gasteiger partial charge in [0, 0.05) is 10.6 Å². The van der Waals surface area contributed by atoms with Gasteiger partial charge in [0.2, 0.25) is 0 Å². The van der Waals surface area contributed by atoms with E-state index in [1.54, 1.807) is 6.08 Å². The Morgan fingerprint density at radius 3 is 2.49 bits per heavy atom. The van der Waals surface area contributed by atoms with Gasteiger partial charge in [-0.2, -0.15) is 0 Å². The fourth-order valence-corrected chi connectivity index (χ4v) is 5.42. The Morgan fingerprint density at radius 1 is 0.914 bits per heavy atom.